The second kappa shape index (κ2) is 2.59. The van der Waals surface area contributed by atoms with Crippen LogP contribution in [-0.4, -0.2) is 17.6 Å². The van der Waals surface area contributed by atoms with Crippen molar-refractivity contribution in [1.29, 1.82) is 0 Å². The minimum absolute atomic E-state index is 0.178. The van der Waals surface area contributed by atoms with Gasteiger partial charge in [-0.15, -0.1) is 0 Å². The molecule has 2 rings (SSSR count). The highest BCUT2D eigenvalue weighted by Crippen LogP contribution is 2.47. The lowest BCUT2D eigenvalue weighted by Gasteiger charge is -2.22. The summed E-state index contributed by atoms with van der Waals surface area (Å²) in [7, 11) is 0. The van der Waals surface area contributed by atoms with Crippen molar-refractivity contribution >= 4 is 5.97 Å². The van der Waals surface area contributed by atoms with Gasteiger partial charge in [0, 0.05) is 0 Å². The van der Waals surface area contributed by atoms with Gasteiger partial charge in [0.2, 0.25) is 0 Å². The second-order valence-electron chi connectivity index (χ2n) is 3.71. The summed E-state index contributed by atoms with van der Waals surface area (Å²) < 4.78 is 0. The summed E-state index contributed by atoms with van der Waals surface area (Å²) in [5, 5.41) is 8.95. The van der Waals surface area contributed by atoms with E-state index in [2.05, 4.69) is 6.08 Å². The van der Waals surface area contributed by atoms with E-state index in [-0.39, 0.29) is 17.8 Å². The van der Waals surface area contributed by atoms with Crippen molar-refractivity contribution in [3.05, 3.63) is 12.2 Å². The van der Waals surface area contributed by atoms with E-state index in [1.165, 1.54) is 0 Å². The number of aliphatic carboxylic acids is 1. The first-order valence-corrected chi connectivity index (χ1v) is 4.35. The van der Waals surface area contributed by atoms with Gasteiger partial charge in [-0.2, -0.15) is 0 Å². The van der Waals surface area contributed by atoms with E-state index in [9.17, 15) is 4.79 Å². The van der Waals surface area contributed by atoms with Gasteiger partial charge in [-0.05, 0) is 30.7 Å². The van der Waals surface area contributed by atoms with Crippen molar-refractivity contribution < 1.29 is 9.90 Å². The summed E-state index contributed by atoms with van der Waals surface area (Å²) in [5.41, 5.74) is 5.55. The molecule has 0 radical (unpaired) electrons. The number of carbonyl (C=O) groups is 1. The van der Waals surface area contributed by atoms with Gasteiger partial charge in [0.05, 0.1) is 5.92 Å². The maximum Gasteiger partial charge on any atom is 0.307 e. The van der Waals surface area contributed by atoms with Gasteiger partial charge in [0.1, 0.15) is 0 Å². The molecule has 1 fully saturated rings. The molecule has 4 unspecified atom stereocenters. The van der Waals surface area contributed by atoms with Crippen LogP contribution in [-0.2, 0) is 4.79 Å². The molecular weight excluding hydrogens is 154 g/mol. The quantitative estimate of drug-likeness (QED) is 0.587. The number of fused-ring (bicyclic) bond motifs is 2. The smallest absolute Gasteiger partial charge is 0.307 e. The number of rotatable bonds is 2. The van der Waals surface area contributed by atoms with Crippen molar-refractivity contribution in [3.8, 4) is 0 Å². The Labute approximate surface area is 71.3 Å². The molecule has 3 N–H and O–H groups in total. The SMILES string of the molecule is NCC1C2C=CC(C2)C1C(=O)O. The van der Waals surface area contributed by atoms with Crippen LogP contribution in [0.2, 0.25) is 0 Å². The van der Waals surface area contributed by atoms with Crippen LogP contribution in [0.5, 0.6) is 0 Å². The molecule has 0 spiro atoms. The molecule has 0 aliphatic heterocycles. The van der Waals surface area contributed by atoms with Crippen LogP contribution in [0.15, 0.2) is 12.2 Å². The Bertz CT molecular complexity index is 237. The first-order chi connectivity index (χ1) is 5.74. The molecule has 12 heavy (non-hydrogen) atoms. The maximum absolute atomic E-state index is 10.9. The highest BCUT2D eigenvalue weighted by atomic mass is 16.4. The molecule has 0 aromatic heterocycles. The second-order valence-corrected chi connectivity index (χ2v) is 3.71. The molecular formula is C9H13NO2. The molecule has 1 saturated carbocycles. The van der Waals surface area contributed by atoms with Gasteiger partial charge in [-0.25, -0.2) is 0 Å². The van der Waals surface area contributed by atoms with Crippen LogP contribution in [0.4, 0.5) is 0 Å². The van der Waals surface area contributed by atoms with Gasteiger partial charge in [0.15, 0.2) is 0 Å². The van der Waals surface area contributed by atoms with E-state index in [1.54, 1.807) is 0 Å². The number of carboxylic acids is 1. The van der Waals surface area contributed by atoms with Crippen molar-refractivity contribution in [1.82, 2.24) is 0 Å². The summed E-state index contributed by atoms with van der Waals surface area (Å²) in [5.74, 6) is -0.0352. The Balaban J connectivity index is 2.23. The van der Waals surface area contributed by atoms with E-state index >= 15 is 0 Å². The van der Waals surface area contributed by atoms with Gasteiger partial charge in [0.25, 0.3) is 0 Å². The van der Waals surface area contributed by atoms with E-state index in [1.807, 2.05) is 6.08 Å². The first kappa shape index (κ1) is 7.80. The lowest BCUT2D eigenvalue weighted by Crippen LogP contribution is -2.32. The first-order valence-electron chi connectivity index (χ1n) is 4.35. The summed E-state index contributed by atoms with van der Waals surface area (Å²) in [6.07, 6.45) is 5.16. The third-order valence-corrected chi connectivity index (χ3v) is 3.18. The minimum atomic E-state index is -0.678. The molecule has 2 aliphatic rings. The van der Waals surface area contributed by atoms with Crippen molar-refractivity contribution in [2.45, 2.75) is 6.42 Å². The average molecular weight is 167 g/mol. The molecule has 66 valence electrons. The van der Waals surface area contributed by atoms with Gasteiger partial charge in [-0.1, -0.05) is 12.2 Å². The molecule has 3 heteroatoms. The molecule has 0 saturated heterocycles. The zero-order chi connectivity index (χ0) is 8.72. The van der Waals surface area contributed by atoms with Gasteiger partial charge >= 0.3 is 5.97 Å². The molecule has 4 atom stereocenters. The number of carboxylic acid groups (broad SMARTS) is 1. The zero-order valence-corrected chi connectivity index (χ0v) is 6.81. The van der Waals surface area contributed by atoms with Crippen molar-refractivity contribution in [3.63, 3.8) is 0 Å². The Morgan fingerprint density at radius 1 is 1.50 bits per heavy atom. The molecule has 2 bridgehead atoms. The normalized spacial score (nSPS) is 43.8. The standard InChI is InChI=1S/C9H13NO2/c10-4-7-5-1-2-6(3-5)8(7)9(11)12/h1-2,5-8H,3-4,10H2,(H,11,12). The Kier molecular flexibility index (Phi) is 1.68. The number of allylic oxidation sites excluding steroid dienone is 2. The van der Waals surface area contributed by atoms with Crippen LogP contribution >= 0.6 is 0 Å². The lowest BCUT2D eigenvalue weighted by molar-refractivity contribution is -0.144. The zero-order valence-electron chi connectivity index (χ0n) is 6.81. The number of hydrogen-bond donors (Lipinski definition) is 2. The van der Waals surface area contributed by atoms with Crippen LogP contribution in [0.1, 0.15) is 6.42 Å². The summed E-state index contributed by atoms with van der Waals surface area (Å²) in [6.45, 7) is 0.502. The molecule has 0 aromatic rings. The Morgan fingerprint density at radius 3 is 2.67 bits per heavy atom. The summed E-state index contributed by atoms with van der Waals surface area (Å²) in [4.78, 5) is 10.9. The molecule has 0 heterocycles. The third kappa shape index (κ3) is 0.894. The van der Waals surface area contributed by atoms with Crippen LogP contribution in [0.3, 0.4) is 0 Å². The summed E-state index contributed by atoms with van der Waals surface area (Å²) >= 11 is 0. The topological polar surface area (TPSA) is 63.3 Å². The van der Waals surface area contributed by atoms with Crippen LogP contribution in [0.25, 0.3) is 0 Å². The van der Waals surface area contributed by atoms with E-state index in [4.69, 9.17) is 10.8 Å². The number of hydrogen-bond acceptors (Lipinski definition) is 2. The fraction of sp³-hybridized carbons (Fsp3) is 0.667. The van der Waals surface area contributed by atoms with E-state index in [0.29, 0.717) is 12.5 Å². The van der Waals surface area contributed by atoms with Crippen LogP contribution < -0.4 is 5.73 Å². The fourth-order valence-corrected chi connectivity index (χ4v) is 2.61. The minimum Gasteiger partial charge on any atom is -0.481 e. The van der Waals surface area contributed by atoms with Gasteiger partial charge in [-0.3, -0.25) is 4.79 Å². The van der Waals surface area contributed by atoms with Crippen LogP contribution in [0, 0.1) is 23.7 Å². The fourth-order valence-electron chi connectivity index (χ4n) is 2.61. The van der Waals surface area contributed by atoms with Crippen molar-refractivity contribution in [2.24, 2.45) is 29.4 Å². The monoisotopic (exact) mass is 167 g/mol. The number of nitrogens with two attached hydrogens (primary N) is 1. The van der Waals surface area contributed by atoms with Gasteiger partial charge < -0.3 is 10.8 Å². The molecule has 3 nitrogen and oxygen atoms in total. The Hall–Kier alpha value is -0.830. The molecule has 0 aromatic carbocycles. The largest absolute Gasteiger partial charge is 0.481 e. The average Bonchev–Trinajstić information content (AvgIpc) is 2.60. The predicted molar refractivity (Wildman–Crippen MR) is 44.4 cm³/mol. The third-order valence-electron chi connectivity index (χ3n) is 3.18. The van der Waals surface area contributed by atoms with E-state index < -0.39 is 5.97 Å². The predicted octanol–water partition coefficient (Wildman–Crippen LogP) is 0.468. The molecule has 0 amide bonds. The molecule has 2 aliphatic carbocycles. The summed E-state index contributed by atoms with van der Waals surface area (Å²) in [6, 6.07) is 0. The Morgan fingerprint density at radius 2 is 2.17 bits per heavy atom. The maximum atomic E-state index is 10.9. The highest BCUT2D eigenvalue weighted by Gasteiger charge is 2.47. The van der Waals surface area contributed by atoms with E-state index in [0.717, 1.165) is 6.42 Å². The lowest BCUT2D eigenvalue weighted by atomic mass is 9.83. The highest BCUT2D eigenvalue weighted by molar-refractivity contribution is 5.72. The van der Waals surface area contributed by atoms with Crippen molar-refractivity contribution in [2.75, 3.05) is 6.54 Å².